The Morgan fingerprint density at radius 2 is 1.96 bits per heavy atom. The van der Waals surface area contributed by atoms with Crippen molar-refractivity contribution in [1.29, 1.82) is 0 Å². The molecule has 3 nitrogen and oxygen atoms in total. The van der Waals surface area contributed by atoms with Crippen molar-refractivity contribution in [1.82, 2.24) is 4.90 Å². The van der Waals surface area contributed by atoms with Gasteiger partial charge in [-0.3, -0.25) is 4.79 Å². The van der Waals surface area contributed by atoms with E-state index >= 15 is 0 Å². The van der Waals surface area contributed by atoms with Crippen LogP contribution in [-0.2, 0) is 9.22 Å². The molecule has 3 fully saturated rings. The molecule has 144 valence electrons. The molecule has 0 aromatic heterocycles. The van der Waals surface area contributed by atoms with Gasteiger partial charge >= 0.3 is 0 Å². The molecule has 26 heavy (non-hydrogen) atoms. The summed E-state index contributed by atoms with van der Waals surface area (Å²) in [5.74, 6) is 0.978. The fourth-order valence-corrected chi connectivity index (χ4v) is 9.26. The predicted octanol–water partition coefficient (Wildman–Crippen LogP) is 4.91. The Hall–Kier alpha value is -0.873. The second kappa shape index (κ2) is 6.34. The van der Waals surface area contributed by atoms with E-state index in [4.69, 9.17) is 4.43 Å². The summed E-state index contributed by atoms with van der Waals surface area (Å²) in [6, 6.07) is 3.93. The summed E-state index contributed by atoms with van der Waals surface area (Å²) in [6.45, 7) is 14.4. The van der Waals surface area contributed by atoms with Crippen molar-refractivity contribution in [2.75, 3.05) is 6.54 Å². The largest absolute Gasteiger partial charge is 0.410 e. The number of amides is 1. The Balaban J connectivity index is 1.78. The van der Waals surface area contributed by atoms with E-state index in [-0.39, 0.29) is 17.4 Å². The van der Waals surface area contributed by atoms with Gasteiger partial charge < -0.3 is 9.33 Å². The van der Waals surface area contributed by atoms with Gasteiger partial charge in [0.2, 0.25) is 5.91 Å². The molecule has 5 atom stereocenters. The lowest BCUT2D eigenvalue weighted by atomic mass is 9.61. The first kappa shape index (κ1) is 18.5. The highest BCUT2D eigenvalue weighted by Crippen LogP contribution is 2.60. The number of hydrogen-bond acceptors (Lipinski definition) is 2. The quantitative estimate of drug-likeness (QED) is 0.506. The number of hydrogen-bond donors (Lipinski definition) is 0. The lowest BCUT2D eigenvalue weighted by Crippen LogP contribution is -2.52. The van der Waals surface area contributed by atoms with Crippen LogP contribution in [0.3, 0.4) is 0 Å². The highest BCUT2D eigenvalue weighted by atomic mass is 28.4. The Morgan fingerprint density at radius 1 is 1.27 bits per heavy atom. The zero-order valence-electron chi connectivity index (χ0n) is 17.0. The van der Waals surface area contributed by atoms with Gasteiger partial charge in [-0.05, 0) is 49.4 Å². The fraction of sp³-hybridized carbons (Fsp3) is 0.773. The number of carbonyl (C=O) groups is 1. The van der Waals surface area contributed by atoms with E-state index < -0.39 is 8.32 Å². The van der Waals surface area contributed by atoms with Crippen molar-refractivity contribution >= 4 is 14.2 Å². The number of rotatable bonds is 5. The molecule has 2 bridgehead atoms. The van der Waals surface area contributed by atoms with Crippen molar-refractivity contribution in [2.45, 2.75) is 83.7 Å². The van der Waals surface area contributed by atoms with Crippen LogP contribution < -0.4 is 0 Å². The number of piperidine rings is 1. The molecule has 4 rings (SSSR count). The average molecular weight is 374 g/mol. The van der Waals surface area contributed by atoms with Gasteiger partial charge in [-0.1, -0.05) is 45.9 Å². The molecule has 2 unspecified atom stereocenters. The van der Waals surface area contributed by atoms with Crippen molar-refractivity contribution < 1.29 is 9.22 Å². The van der Waals surface area contributed by atoms with Gasteiger partial charge in [-0.15, -0.1) is 0 Å². The molecule has 0 N–H and O–H groups in total. The monoisotopic (exact) mass is 373 g/mol. The van der Waals surface area contributed by atoms with Gasteiger partial charge in [0.1, 0.15) is 0 Å². The van der Waals surface area contributed by atoms with E-state index in [1.807, 2.05) is 0 Å². The standard InChI is InChI=1S/C22H35NO2Si/c1-6-26(7-2,8-3)25-19-11-9-10-17-21(24)23-14-15(4)16-12-18(19)22(17,5)20(23)13-16/h12,16-17,19-20H,4,6-11,13-14H2,1-3,5H3/t16?,17-,19+,20?,22+/m1/s1. The molecule has 2 heterocycles. The maximum Gasteiger partial charge on any atom is 0.227 e. The normalized spacial score (nSPS) is 39.1. The molecule has 0 radical (unpaired) electrons. The van der Waals surface area contributed by atoms with Gasteiger partial charge in [0, 0.05) is 29.8 Å². The first-order chi connectivity index (χ1) is 12.4. The first-order valence-corrected chi connectivity index (χ1v) is 13.3. The zero-order chi connectivity index (χ0) is 18.7. The SMILES string of the molecule is C=C1CN2C(=O)[C@H]3CCC[C@H](O[Si](CC)(CC)CC)C4=CC1CC2[C@]43C. The molecule has 1 saturated carbocycles. The number of fused-ring (bicyclic) bond motifs is 1. The van der Waals surface area contributed by atoms with Gasteiger partial charge in [0.25, 0.3) is 0 Å². The van der Waals surface area contributed by atoms with Crippen LogP contribution in [0.15, 0.2) is 23.8 Å². The predicted molar refractivity (Wildman–Crippen MR) is 108 cm³/mol. The minimum absolute atomic E-state index is 0.0230. The van der Waals surface area contributed by atoms with Crippen LogP contribution >= 0.6 is 0 Å². The van der Waals surface area contributed by atoms with Crippen LogP contribution in [0, 0.1) is 17.3 Å². The molecule has 4 aliphatic rings. The third kappa shape index (κ3) is 2.37. The zero-order valence-corrected chi connectivity index (χ0v) is 18.0. The molecule has 2 aliphatic carbocycles. The van der Waals surface area contributed by atoms with Crippen molar-refractivity contribution in [2.24, 2.45) is 17.3 Å². The van der Waals surface area contributed by atoms with Crippen LogP contribution in [-0.4, -0.2) is 37.8 Å². The van der Waals surface area contributed by atoms with Gasteiger partial charge in [0.05, 0.1) is 6.10 Å². The maximum absolute atomic E-state index is 13.2. The third-order valence-electron chi connectivity index (χ3n) is 8.38. The maximum atomic E-state index is 13.2. The van der Waals surface area contributed by atoms with E-state index in [0.717, 1.165) is 32.2 Å². The van der Waals surface area contributed by atoms with Crippen LogP contribution in [0.5, 0.6) is 0 Å². The third-order valence-corrected chi connectivity index (χ3v) is 13.0. The average Bonchev–Trinajstić information content (AvgIpc) is 2.77. The molecule has 1 amide bonds. The van der Waals surface area contributed by atoms with E-state index in [0.29, 0.717) is 17.9 Å². The van der Waals surface area contributed by atoms with Gasteiger partial charge in [-0.2, -0.15) is 0 Å². The smallest absolute Gasteiger partial charge is 0.227 e. The van der Waals surface area contributed by atoms with Crippen molar-refractivity contribution in [3.8, 4) is 0 Å². The Morgan fingerprint density at radius 3 is 2.62 bits per heavy atom. The lowest BCUT2D eigenvalue weighted by Gasteiger charge is -2.50. The highest BCUT2D eigenvalue weighted by Gasteiger charge is 2.63. The van der Waals surface area contributed by atoms with Gasteiger partial charge in [-0.25, -0.2) is 0 Å². The van der Waals surface area contributed by atoms with Crippen molar-refractivity contribution in [3.63, 3.8) is 0 Å². The summed E-state index contributed by atoms with van der Waals surface area (Å²) in [6.07, 6.45) is 7.02. The molecule has 2 aliphatic heterocycles. The summed E-state index contributed by atoms with van der Waals surface area (Å²) >= 11 is 0. The minimum atomic E-state index is -1.68. The van der Waals surface area contributed by atoms with Crippen LogP contribution in [0.25, 0.3) is 0 Å². The summed E-state index contributed by atoms with van der Waals surface area (Å²) in [5, 5.41) is 0. The van der Waals surface area contributed by atoms with E-state index in [1.165, 1.54) is 29.3 Å². The summed E-state index contributed by atoms with van der Waals surface area (Å²) < 4.78 is 7.05. The second-order valence-corrected chi connectivity index (χ2v) is 13.9. The van der Waals surface area contributed by atoms with Gasteiger partial charge in [0.15, 0.2) is 8.32 Å². The first-order valence-electron chi connectivity index (χ1n) is 10.8. The summed E-state index contributed by atoms with van der Waals surface area (Å²) in [4.78, 5) is 15.4. The molecule has 0 aromatic rings. The lowest BCUT2D eigenvalue weighted by molar-refractivity contribution is -0.132. The van der Waals surface area contributed by atoms with Crippen LogP contribution in [0.1, 0.15) is 53.4 Å². The Kier molecular flexibility index (Phi) is 4.51. The fourth-order valence-electron chi connectivity index (χ4n) is 6.41. The highest BCUT2D eigenvalue weighted by molar-refractivity contribution is 6.73. The van der Waals surface area contributed by atoms with E-state index in [1.54, 1.807) is 0 Å². The number of nitrogens with zero attached hydrogens (tertiary/aromatic N) is 1. The molecule has 0 spiro atoms. The minimum Gasteiger partial charge on any atom is -0.410 e. The molecular weight excluding hydrogens is 338 g/mol. The van der Waals surface area contributed by atoms with Crippen LogP contribution in [0.4, 0.5) is 0 Å². The van der Waals surface area contributed by atoms with Crippen molar-refractivity contribution in [3.05, 3.63) is 23.8 Å². The molecular formula is C22H35NO2Si. The number of allylic oxidation sites excluding steroid dienone is 1. The van der Waals surface area contributed by atoms with E-state index in [9.17, 15) is 4.79 Å². The molecule has 2 saturated heterocycles. The topological polar surface area (TPSA) is 29.5 Å². The molecule has 0 aromatic carbocycles. The number of carbonyl (C=O) groups excluding carboxylic acids is 1. The molecule has 4 heteroatoms. The summed E-state index contributed by atoms with van der Waals surface area (Å²) in [7, 11) is -1.68. The second-order valence-electron chi connectivity index (χ2n) is 9.22. The Bertz CT molecular complexity index is 644. The Labute approximate surface area is 160 Å². The van der Waals surface area contributed by atoms with E-state index in [2.05, 4.69) is 45.2 Å². The summed E-state index contributed by atoms with van der Waals surface area (Å²) in [5.41, 5.74) is 2.66. The van der Waals surface area contributed by atoms with Crippen LogP contribution in [0.2, 0.25) is 18.1 Å².